The summed E-state index contributed by atoms with van der Waals surface area (Å²) in [6.07, 6.45) is 0. The second kappa shape index (κ2) is 4.41. The molecule has 0 spiro atoms. The van der Waals surface area contributed by atoms with E-state index in [1.807, 2.05) is 6.92 Å². The third kappa shape index (κ3) is 2.23. The Bertz CT molecular complexity index is 627. The van der Waals surface area contributed by atoms with E-state index in [2.05, 4.69) is 0 Å². The molecule has 0 saturated heterocycles. The second-order valence-electron chi connectivity index (χ2n) is 3.56. The van der Waals surface area contributed by atoms with Gasteiger partial charge in [-0.25, -0.2) is 12.4 Å². The lowest BCUT2D eigenvalue weighted by molar-refractivity contribution is 0.539. The van der Waals surface area contributed by atoms with Gasteiger partial charge >= 0.3 is 0 Å². The van der Waals surface area contributed by atoms with Gasteiger partial charge in [-0.2, -0.15) is 4.39 Å². The summed E-state index contributed by atoms with van der Waals surface area (Å²) in [7, 11) is -3.84. The van der Waals surface area contributed by atoms with Crippen LogP contribution in [0, 0.1) is 16.6 Å². The molecule has 0 bridgehead atoms. The fraction of sp³-hybridized carbons (Fsp3) is 0.0909. The van der Waals surface area contributed by atoms with Crippen molar-refractivity contribution in [3.8, 4) is 0 Å². The summed E-state index contributed by atoms with van der Waals surface area (Å²) in [4.78, 5) is 0.0797. The van der Waals surface area contributed by atoms with Gasteiger partial charge in [-0.1, -0.05) is 17.7 Å². The van der Waals surface area contributed by atoms with Crippen LogP contribution in [-0.2, 0) is 10.0 Å². The number of aromatic nitrogens is 1. The number of benzene rings is 1. The summed E-state index contributed by atoms with van der Waals surface area (Å²) in [6, 6.07) is 8.86. The third-order valence-electron chi connectivity index (χ3n) is 2.31. The number of hydrogen-bond donors (Lipinski definition) is 0. The SMILES string of the molecule is Cc1ccc(S(=O)(=O)n2c(F)ccc2I)cc1. The van der Waals surface area contributed by atoms with Crippen molar-refractivity contribution in [3.63, 3.8) is 0 Å². The molecule has 0 saturated carbocycles. The Balaban J connectivity index is 2.62. The first kappa shape index (κ1) is 12.6. The van der Waals surface area contributed by atoms with E-state index >= 15 is 0 Å². The molecule has 6 heteroatoms. The molecule has 0 radical (unpaired) electrons. The Labute approximate surface area is 112 Å². The highest BCUT2D eigenvalue weighted by molar-refractivity contribution is 14.1. The second-order valence-corrected chi connectivity index (χ2v) is 6.45. The minimum absolute atomic E-state index is 0.0797. The quantitative estimate of drug-likeness (QED) is 0.768. The van der Waals surface area contributed by atoms with Crippen LogP contribution in [0.25, 0.3) is 0 Å². The van der Waals surface area contributed by atoms with Gasteiger partial charge in [-0.15, -0.1) is 0 Å². The molecule has 0 aliphatic carbocycles. The molecule has 0 atom stereocenters. The van der Waals surface area contributed by atoms with Gasteiger partial charge in [0, 0.05) is 0 Å². The number of halogens is 2. The van der Waals surface area contributed by atoms with Crippen molar-refractivity contribution >= 4 is 32.6 Å². The number of rotatable bonds is 2. The van der Waals surface area contributed by atoms with Gasteiger partial charge < -0.3 is 0 Å². The summed E-state index contributed by atoms with van der Waals surface area (Å²) in [5, 5.41) is 0. The van der Waals surface area contributed by atoms with Gasteiger partial charge in [0.2, 0.25) is 5.95 Å². The highest BCUT2D eigenvalue weighted by Gasteiger charge is 2.22. The molecular weight excluding hydrogens is 356 g/mol. The molecule has 3 nitrogen and oxygen atoms in total. The standard InChI is InChI=1S/C11H9FINO2S/c1-8-2-4-9(5-3-8)17(15,16)14-10(12)6-7-11(14)13/h2-7H,1H3. The summed E-state index contributed by atoms with van der Waals surface area (Å²) < 4.78 is 38.8. The van der Waals surface area contributed by atoms with Gasteiger partial charge in [0.25, 0.3) is 10.0 Å². The monoisotopic (exact) mass is 365 g/mol. The lowest BCUT2D eigenvalue weighted by Gasteiger charge is -2.08. The minimum Gasteiger partial charge on any atom is -0.203 e. The molecule has 1 aromatic carbocycles. The van der Waals surface area contributed by atoms with Crippen LogP contribution in [0.3, 0.4) is 0 Å². The first-order valence-corrected chi connectivity index (χ1v) is 7.30. The molecule has 90 valence electrons. The molecule has 0 N–H and O–H groups in total. The van der Waals surface area contributed by atoms with E-state index < -0.39 is 16.0 Å². The first-order valence-electron chi connectivity index (χ1n) is 4.78. The van der Waals surface area contributed by atoms with Crippen molar-refractivity contribution in [2.45, 2.75) is 11.8 Å². The maximum Gasteiger partial charge on any atom is 0.270 e. The smallest absolute Gasteiger partial charge is 0.203 e. The predicted octanol–water partition coefficient (Wildman–Crippen LogP) is 2.78. The van der Waals surface area contributed by atoms with Gasteiger partial charge in [-0.3, -0.25) is 0 Å². The van der Waals surface area contributed by atoms with Gasteiger partial charge in [-0.05, 0) is 53.8 Å². The largest absolute Gasteiger partial charge is 0.270 e. The molecule has 2 aromatic rings. The van der Waals surface area contributed by atoms with Crippen LogP contribution in [0.15, 0.2) is 41.3 Å². The van der Waals surface area contributed by atoms with Crippen LogP contribution in [0.2, 0.25) is 0 Å². The van der Waals surface area contributed by atoms with Crippen LogP contribution in [0.4, 0.5) is 4.39 Å². The first-order chi connectivity index (χ1) is 7.93. The van der Waals surface area contributed by atoms with Crippen molar-refractivity contribution < 1.29 is 12.8 Å². The Hall–Kier alpha value is -0.890. The molecule has 0 aliphatic rings. The summed E-state index contributed by atoms with van der Waals surface area (Å²) in [5.41, 5.74) is 0.951. The topological polar surface area (TPSA) is 39.1 Å². The van der Waals surface area contributed by atoms with E-state index in [0.29, 0.717) is 7.67 Å². The van der Waals surface area contributed by atoms with Crippen molar-refractivity contribution in [3.05, 3.63) is 51.6 Å². The van der Waals surface area contributed by atoms with Crippen molar-refractivity contribution in [2.24, 2.45) is 0 Å². The molecular formula is C11H9FINO2S. The highest BCUT2D eigenvalue weighted by Crippen LogP contribution is 2.20. The molecule has 1 heterocycles. The zero-order chi connectivity index (χ0) is 12.6. The predicted molar refractivity (Wildman–Crippen MR) is 70.9 cm³/mol. The third-order valence-corrected chi connectivity index (χ3v) is 5.19. The Morgan fingerprint density at radius 3 is 2.18 bits per heavy atom. The number of aryl methyl sites for hydroxylation is 1. The molecule has 2 rings (SSSR count). The lowest BCUT2D eigenvalue weighted by atomic mass is 10.2. The summed E-state index contributed by atoms with van der Waals surface area (Å²) >= 11 is 1.78. The average Bonchev–Trinajstić information content (AvgIpc) is 2.59. The van der Waals surface area contributed by atoms with E-state index in [0.717, 1.165) is 11.6 Å². The fourth-order valence-electron chi connectivity index (χ4n) is 1.42. The Kier molecular flexibility index (Phi) is 3.26. The van der Waals surface area contributed by atoms with Crippen LogP contribution in [0.1, 0.15) is 5.56 Å². The zero-order valence-electron chi connectivity index (χ0n) is 8.89. The van der Waals surface area contributed by atoms with E-state index in [1.54, 1.807) is 34.7 Å². The molecule has 17 heavy (non-hydrogen) atoms. The van der Waals surface area contributed by atoms with E-state index in [1.165, 1.54) is 18.2 Å². The van der Waals surface area contributed by atoms with Crippen molar-refractivity contribution in [1.29, 1.82) is 0 Å². The minimum atomic E-state index is -3.84. The maximum absolute atomic E-state index is 13.5. The van der Waals surface area contributed by atoms with Crippen LogP contribution < -0.4 is 0 Å². The maximum atomic E-state index is 13.5. The van der Waals surface area contributed by atoms with Crippen LogP contribution in [0.5, 0.6) is 0 Å². The van der Waals surface area contributed by atoms with Gasteiger partial charge in [0.15, 0.2) is 0 Å². The molecule has 0 fully saturated rings. The van der Waals surface area contributed by atoms with Crippen LogP contribution >= 0.6 is 22.6 Å². The summed E-state index contributed by atoms with van der Waals surface area (Å²) in [6.45, 7) is 1.86. The van der Waals surface area contributed by atoms with Gasteiger partial charge in [0.05, 0.1) is 8.60 Å². The zero-order valence-corrected chi connectivity index (χ0v) is 11.9. The normalized spacial score (nSPS) is 11.7. The molecule has 0 amide bonds. The summed E-state index contributed by atoms with van der Waals surface area (Å²) in [5.74, 6) is -0.782. The lowest BCUT2D eigenvalue weighted by Crippen LogP contribution is -2.16. The Morgan fingerprint density at radius 1 is 1.12 bits per heavy atom. The van der Waals surface area contributed by atoms with Crippen molar-refractivity contribution in [2.75, 3.05) is 0 Å². The Morgan fingerprint density at radius 2 is 1.71 bits per heavy atom. The number of hydrogen-bond acceptors (Lipinski definition) is 2. The van der Waals surface area contributed by atoms with E-state index in [-0.39, 0.29) is 4.90 Å². The van der Waals surface area contributed by atoms with E-state index in [9.17, 15) is 12.8 Å². The van der Waals surface area contributed by atoms with Crippen molar-refractivity contribution in [1.82, 2.24) is 3.97 Å². The van der Waals surface area contributed by atoms with Gasteiger partial charge in [0.1, 0.15) is 0 Å². The molecule has 0 aliphatic heterocycles. The molecule has 0 unspecified atom stereocenters. The average molecular weight is 365 g/mol. The molecule has 1 aromatic heterocycles. The van der Waals surface area contributed by atoms with Crippen LogP contribution in [-0.4, -0.2) is 12.4 Å². The fourth-order valence-corrected chi connectivity index (χ4v) is 3.88. The highest BCUT2D eigenvalue weighted by atomic mass is 127. The van der Waals surface area contributed by atoms with E-state index in [4.69, 9.17) is 0 Å². The number of nitrogens with zero attached hydrogens (tertiary/aromatic N) is 1.